The van der Waals surface area contributed by atoms with Crippen LogP contribution in [-0.4, -0.2) is 94.1 Å². The van der Waals surface area contributed by atoms with Crippen molar-refractivity contribution in [3.05, 3.63) is 108 Å². The van der Waals surface area contributed by atoms with Crippen LogP contribution in [0.25, 0.3) is 5.69 Å². The zero-order valence-corrected chi connectivity index (χ0v) is 36.3. The van der Waals surface area contributed by atoms with Gasteiger partial charge < -0.3 is 34.2 Å². The van der Waals surface area contributed by atoms with E-state index >= 15 is 0 Å². The number of rotatable bonds is 16. The molecule has 4 rings (SSSR count). The summed E-state index contributed by atoms with van der Waals surface area (Å²) in [5, 5.41) is 31.9. The Morgan fingerprint density at radius 2 is 1.66 bits per heavy atom. The normalized spacial score (nSPS) is 12.2. The number of aryl methyl sites for hydroxylation is 1. The highest BCUT2D eigenvalue weighted by Gasteiger charge is 2.32. The molecule has 30 heteroatoms. The first-order valence-corrected chi connectivity index (χ1v) is 20.5. The van der Waals surface area contributed by atoms with E-state index < -0.39 is 107 Å². The lowest BCUT2D eigenvalue weighted by molar-refractivity contribution is -0.385. The Morgan fingerprint density at radius 3 is 2.15 bits per heavy atom. The number of carboxylic acid groups (broad SMARTS) is 2. The predicted molar refractivity (Wildman–Crippen MR) is 213 cm³/mol. The van der Waals surface area contributed by atoms with Gasteiger partial charge in [-0.3, -0.25) is 29.6 Å². The lowest BCUT2D eigenvalue weighted by atomic mass is 10.1. The average Bonchev–Trinajstić information content (AvgIpc) is 3.48. The zero-order chi connectivity index (χ0) is 49.7. The average molecular weight is 1010 g/mol. The number of nitrogens with one attached hydrogen (secondary N) is 1. The van der Waals surface area contributed by atoms with E-state index in [0.29, 0.717) is 10.7 Å². The lowest BCUT2D eigenvalue weighted by Crippen LogP contribution is -2.26. The Morgan fingerprint density at radius 1 is 1.03 bits per heavy atom. The van der Waals surface area contributed by atoms with Gasteiger partial charge in [-0.1, -0.05) is 23.2 Å². The van der Waals surface area contributed by atoms with Crippen molar-refractivity contribution in [3.8, 4) is 17.2 Å². The molecule has 0 bridgehead atoms. The number of nitro groups is 1. The van der Waals surface area contributed by atoms with Crippen molar-refractivity contribution in [2.24, 2.45) is 0 Å². The summed E-state index contributed by atoms with van der Waals surface area (Å²) in [5.41, 5.74) is -3.71. The Bertz CT molecular complexity index is 2510. The van der Waals surface area contributed by atoms with E-state index in [4.69, 9.17) is 69.0 Å². The number of carboxylic acids is 2. The number of nitro benzene ring substituents is 1. The van der Waals surface area contributed by atoms with Crippen LogP contribution in [0.1, 0.15) is 47.7 Å². The smallest absolute Gasteiger partial charge is 0.416 e. The summed E-state index contributed by atoms with van der Waals surface area (Å²) in [6.45, 7) is 0.399. The Kier molecular flexibility index (Phi) is 20.4. The van der Waals surface area contributed by atoms with Gasteiger partial charge in [0.1, 0.15) is 34.0 Å². The molecule has 1 heterocycles. The van der Waals surface area contributed by atoms with Crippen LogP contribution in [0.5, 0.6) is 11.5 Å². The SMILES string of the molecule is CCOC(=O)C(C)OC(=O)c1cc(Oc2ccc(C(F)(F)F)cc2Cl)ccc1[N+](=O)[O-].Cc1nn(-c2cc(CC(Cl)C(=O)O)c(Cl)cc2F)c(=O)n1C(F)F.O=C(O)CNCP(=O)(O)O. The van der Waals surface area contributed by atoms with Gasteiger partial charge in [-0.2, -0.15) is 26.6 Å². The van der Waals surface area contributed by atoms with Gasteiger partial charge in [-0.25, -0.2) is 23.3 Å². The molecule has 5 N–H and O–H groups in total. The first-order chi connectivity index (χ1) is 30.0. The standard InChI is InChI=1S/C19H15ClF3NO7.C13H10Cl2F3N3O3.C3H8NO5P/c1-3-29-17(25)10(2)30-18(26)13-9-12(5-6-15(13)24(27)28)31-16-7-4-11(8-14(16)20)19(21,22)23;1-5-19-21(13(24)20(5)12(17)18)10-3-6(2-8(15)11(22)23)7(14)4-9(10)16;5-3(6)1-4-2-10(7,8)9/h4-10H,3H2,1-2H3;3-4,8,12H,2H2,1H3,(H,22,23);4H,1-2H2,(H,5,6)(H2,7,8,9). The maximum absolute atomic E-state index is 14.1. The third kappa shape index (κ3) is 17.0. The topological polar surface area (TPSA) is 289 Å². The Hall–Kier alpha value is -5.76. The molecule has 20 nitrogen and oxygen atoms in total. The quantitative estimate of drug-likeness (QED) is 0.0194. The number of carbonyl (C=O) groups is 4. The highest BCUT2D eigenvalue weighted by atomic mass is 35.5. The molecule has 2 atom stereocenters. The molecule has 0 amide bonds. The molecule has 0 aliphatic heterocycles. The van der Waals surface area contributed by atoms with E-state index in [-0.39, 0.29) is 50.5 Å². The Labute approximate surface area is 375 Å². The highest BCUT2D eigenvalue weighted by molar-refractivity contribution is 7.51. The van der Waals surface area contributed by atoms with E-state index in [1.807, 2.05) is 0 Å². The van der Waals surface area contributed by atoms with Gasteiger partial charge in [0, 0.05) is 23.6 Å². The third-order valence-electron chi connectivity index (χ3n) is 7.55. The molecular weight excluding hydrogens is 982 g/mol. The van der Waals surface area contributed by atoms with Gasteiger partial charge in [-0.05, 0) is 62.7 Å². The number of hydrogen-bond donors (Lipinski definition) is 5. The van der Waals surface area contributed by atoms with Crippen LogP contribution in [0.15, 0.2) is 53.3 Å². The van der Waals surface area contributed by atoms with Crippen molar-refractivity contribution in [2.45, 2.75) is 51.4 Å². The van der Waals surface area contributed by atoms with Crippen molar-refractivity contribution in [2.75, 3.05) is 19.4 Å². The second-order valence-corrected chi connectivity index (χ2v) is 15.4. The summed E-state index contributed by atoms with van der Waals surface area (Å²) in [6, 6.07) is 7.26. The number of hydrogen-bond acceptors (Lipinski definition) is 13. The van der Waals surface area contributed by atoms with Gasteiger partial charge in [-0.15, -0.1) is 16.7 Å². The molecule has 4 aromatic rings. The summed E-state index contributed by atoms with van der Waals surface area (Å²) in [6.07, 6.45) is -6.80. The van der Waals surface area contributed by atoms with Crippen molar-refractivity contribution in [1.29, 1.82) is 0 Å². The molecule has 2 unspecified atom stereocenters. The van der Waals surface area contributed by atoms with Gasteiger partial charge in [0.15, 0.2) is 11.9 Å². The maximum Gasteiger partial charge on any atom is 0.416 e. The zero-order valence-electron chi connectivity index (χ0n) is 33.1. The first-order valence-electron chi connectivity index (χ1n) is 17.5. The van der Waals surface area contributed by atoms with E-state index in [1.165, 1.54) is 6.92 Å². The first kappa shape index (κ1) is 55.4. The lowest BCUT2D eigenvalue weighted by Gasteiger charge is -2.13. The number of carbonyl (C=O) groups excluding carboxylic acids is 2. The van der Waals surface area contributed by atoms with Crippen molar-refractivity contribution < 1.29 is 89.2 Å². The van der Waals surface area contributed by atoms with Crippen LogP contribution >= 0.6 is 42.4 Å². The largest absolute Gasteiger partial charge is 0.480 e. The van der Waals surface area contributed by atoms with Crippen LogP contribution < -0.4 is 15.7 Å². The molecule has 3 aromatic carbocycles. The van der Waals surface area contributed by atoms with Crippen LogP contribution in [-0.2, 0) is 41.0 Å². The molecule has 0 radical (unpaired) electrons. The molecule has 65 heavy (non-hydrogen) atoms. The van der Waals surface area contributed by atoms with Crippen LogP contribution in [0.3, 0.4) is 0 Å². The number of ether oxygens (including phenoxy) is 3. The van der Waals surface area contributed by atoms with Crippen LogP contribution in [0.2, 0.25) is 10.0 Å². The van der Waals surface area contributed by atoms with Crippen molar-refractivity contribution in [1.82, 2.24) is 19.7 Å². The molecule has 0 saturated heterocycles. The second kappa shape index (κ2) is 24.0. The highest BCUT2D eigenvalue weighted by Crippen LogP contribution is 2.37. The minimum Gasteiger partial charge on any atom is -0.480 e. The fourth-order valence-electron chi connectivity index (χ4n) is 4.67. The van der Waals surface area contributed by atoms with Gasteiger partial charge >= 0.3 is 49.9 Å². The fourth-order valence-corrected chi connectivity index (χ4v) is 5.68. The Balaban J connectivity index is 0.000000377. The molecule has 0 aliphatic carbocycles. The molecule has 0 fully saturated rings. The summed E-state index contributed by atoms with van der Waals surface area (Å²) in [7, 11) is -4.10. The van der Waals surface area contributed by atoms with Gasteiger partial charge in [0.2, 0.25) is 0 Å². The van der Waals surface area contributed by atoms with E-state index in [9.17, 15) is 65.0 Å². The number of aliphatic carboxylic acids is 2. The summed E-state index contributed by atoms with van der Waals surface area (Å²) >= 11 is 17.3. The second-order valence-electron chi connectivity index (χ2n) is 12.4. The molecule has 0 aliphatic rings. The number of esters is 2. The summed E-state index contributed by atoms with van der Waals surface area (Å²) in [4.78, 5) is 83.3. The molecule has 0 saturated carbocycles. The molecule has 1 aromatic heterocycles. The van der Waals surface area contributed by atoms with Gasteiger partial charge in [0.25, 0.3) is 5.69 Å². The third-order valence-corrected chi connectivity index (χ3v) is 9.18. The number of benzene rings is 3. The maximum atomic E-state index is 14.1. The monoisotopic (exact) mass is 1010 g/mol. The number of alkyl halides is 6. The van der Waals surface area contributed by atoms with Crippen LogP contribution in [0, 0.1) is 22.9 Å². The fraction of sp³-hybridized carbons (Fsp3) is 0.314. The van der Waals surface area contributed by atoms with E-state index in [0.717, 1.165) is 49.4 Å². The van der Waals surface area contributed by atoms with Crippen LogP contribution in [0.4, 0.5) is 32.0 Å². The van der Waals surface area contributed by atoms with Crippen molar-refractivity contribution in [3.63, 3.8) is 0 Å². The number of aromatic nitrogens is 3. The number of nitrogens with zero attached hydrogens (tertiary/aromatic N) is 4. The number of halogens is 9. The van der Waals surface area contributed by atoms with E-state index in [2.05, 4.69) is 10.4 Å². The molecule has 0 spiro atoms. The minimum absolute atomic E-state index is 0.0398. The van der Waals surface area contributed by atoms with Gasteiger partial charge in [0.05, 0.1) is 34.9 Å². The van der Waals surface area contributed by atoms with Crippen molar-refractivity contribution >= 4 is 72.0 Å². The van der Waals surface area contributed by atoms with E-state index in [1.54, 1.807) is 6.92 Å². The minimum atomic E-state index is -4.61. The molecular formula is C35H33Cl3F6N5O15P. The summed E-state index contributed by atoms with van der Waals surface area (Å²) < 4.78 is 104. The predicted octanol–water partition coefficient (Wildman–Crippen LogP) is 6.73. The summed E-state index contributed by atoms with van der Waals surface area (Å²) in [5.74, 6) is -6.11. The molecule has 356 valence electrons.